The quantitative estimate of drug-likeness (QED) is 0.551. The van der Waals surface area contributed by atoms with E-state index in [2.05, 4.69) is 20.9 Å². The summed E-state index contributed by atoms with van der Waals surface area (Å²) >= 11 is 0. The van der Waals surface area contributed by atoms with Crippen molar-refractivity contribution in [3.63, 3.8) is 0 Å². The molecule has 1 aromatic carbocycles. The lowest BCUT2D eigenvalue weighted by Crippen LogP contribution is -2.40. The molecule has 0 saturated carbocycles. The van der Waals surface area contributed by atoms with Gasteiger partial charge in [-0.05, 0) is 24.3 Å². The normalized spacial score (nSPS) is 13.3. The van der Waals surface area contributed by atoms with Crippen LogP contribution in [0.3, 0.4) is 0 Å². The minimum atomic E-state index is -0.453. The summed E-state index contributed by atoms with van der Waals surface area (Å²) < 4.78 is 9.67. The van der Waals surface area contributed by atoms with Crippen molar-refractivity contribution in [1.82, 2.24) is 10.9 Å². The SMILES string of the molecule is COc1ccc(NC(=O)NNC2=CC(=O)OC2)cc1. The van der Waals surface area contributed by atoms with E-state index in [0.717, 1.165) is 0 Å². The summed E-state index contributed by atoms with van der Waals surface area (Å²) in [6.07, 6.45) is 1.27. The lowest BCUT2D eigenvalue weighted by Gasteiger charge is -2.10. The Morgan fingerprint density at radius 2 is 2.05 bits per heavy atom. The van der Waals surface area contributed by atoms with Gasteiger partial charge in [0.05, 0.1) is 12.8 Å². The summed E-state index contributed by atoms with van der Waals surface area (Å²) in [7, 11) is 1.57. The molecule has 1 heterocycles. The predicted molar refractivity (Wildman–Crippen MR) is 67.3 cm³/mol. The van der Waals surface area contributed by atoms with Gasteiger partial charge in [-0.15, -0.1) is 0 Å². The minimum Gasteiger partial charge on any atom is -0.497 e. The number of esters is 1. The fourth-order valence-corrected chi connectivity index (χ4v) is 1.42. The second kappa shape index (κ2) is 5.76. The van der Waals surface area contributed by atoms with E-state index in [9.17, 15) is 9.59 Å². The van der Waals surface area contributed by atoms with E-state index in [1.807, 2.05) is 0 Å². The molecule has 2 amide bonds. The number of ether oxygens (including phenoxy) is 2. The van der Waals surface area contributed by atoms with Crippen LogP contribution in [0.1, 0.15) is 0 Å². The molecule has 0 unspecified atom stereocenters. The summed E-state index contributed by atoms with van der Waals surface area (Å²) in [6.45, 7) is 0.127. The molecule has 2 rings (SSSR count). The lowest BCUT2D eigenvalue weighted by atomic mass is 10.3. The first-order valence-electron chi connectivity index (χ1n) is 5.52. The van der Waals surface area contributed by atoms with Crippen molar-refractivity contribution in [2.24, 2.45) is 0 Å². The highest BCUT2D eigenvalue weighted by Gasteiger charge is 2.12. The molecule has 100 valence electrons. The van der Waals surface area contributed by atoms with Gasteiger partial charge >= 0.3 is 12.0 Å². The average Bonchev–Trinajstić information content (AvgIpc) is 2.83. The number of cyclic esters (lactones) is 1. The number of methoxy groups -OCH3 is 1. The summed E-state index contributed by atoms with van der Waals surface area (Å²) in [5.41, 5.74) is 6.09. The highest BCUT2D eigenvalue weighted by molar-refractivity contribution is 5.89. The Morgan fingerprint density at radius 3 is 2.63 bits per heavy atom. The number of urea groups is 1. The Kier molecular flexibility index (Phi) is 3.87. The maximum atomic E-state index is 11.5. The molecular weight excluding hydrogens is 250 g/mol. The number of anilines is 1. The van der Waals surface area contributed by atoms with Gasteiger partial charge in [0.2, 0.25) is 0 Å². The first-order valence-corrected chi connectivity index (χ1v) is 5.52. The van der Waals surface area contributed by atoms with Crippen molar-refractivity contribution >= 4 is 17.7 Å². The van der Waals surface area contributed by atoms with Gasteiger partial charge in [-0.3, -0.25) is 10.9 Å². The summed E-state index contributed by atoms with van der Waals surface area (Å²) in [4.78, 5) is 22.3. The maximum absolute atomic E-state index is 11.5. The number of nitrogens with one attached hydrogen (secondary N) is 3. The number of benzene rings is 1. The van der Waals surface area contributed by atoms with Gasteiger partial charge in [0.1, 0.15) is 12.4 Å². The van der Waals surface area contributed by atoms with Gasteiger partial charge in [0.25, 0.3) is 0 Å². The van der Waals surface area contributed by atoms with E-state index in [4.69, 9.17) is 4.74 Å². The fraction of sp³-hybridized carbons (Fsp3) is 0.167. The van der Waals surface area contributed by atoms with Gasteiger partial charge in [0, 0.05) is 11.8 Å². The van der Waals surface area contributed by atoms with Crippen molar-refractivity contribution in [3.8, 4) is 5.75 Å². The van der Waals surface area contributed by atoms with Crippen molar-refractivity contribution in [3.05, 3.63) is 36.0 Å². The maximum Gasteiger partial charge on any atom is 0.337 e. The highest BCUT2D eigenvalue weighted by atomic mass is 16.5. The number of rotatable bonds is 4. The number of hydrogen-bond acceptors (Lipinski definition) is 5. The molecule has 0 aliphatic carbocycles. The number of hydrogen-bond donors (Lipinski definition) is 3. The van der Waals surface area contributed by atoms with Crippen LogP contribution in [0.15, 0.2) is 36.0 Å². The zero-order valence-electron chi connectivity index (χ0n) is 10.2. The van der Waals surface area contributed by atoms with Gasteiger partial charge < -0.3 is 14.8 Å². The molecule has 0 saturated heterocycles. The first kappa shape index (κ1) is 12.7. The van der Waals surface area contributed by atoms with Crippen molar-refractivity contribution in [2.75, 3.05) is 19.0 Å². The van der Waals surface area contributed by atoms with Crippen LogP contribution in [0.5, 0.6) is 5.75 Å². The Bertz CT molecular complexity index is 510. The van der Waals surface area contributed by atoms with Gasteiger partial charge in [-0.25, -0.2) is 9.59 Å². The molecule has 7 nitrogen and oxygen atoms in total. The molecule has 1 aliphatic heterocycles. The third-order valence-electron chi connectivity index (χ3n) is 2.35. The molecular formula is C12H13N3O4. The van der Waals surface area contributed by atoms with E-state index in [1.54, 1.807) is 31.4 Å². The minimum absolute atomic E-state index is 0.127. The van der Waals surface area contributed by atoms with Crippen LogP contribution >= 0.6 is 0 Å². The highest BCUT2D eigenvalue weighted by Crippen LogP contribution is 2.14. The molecule has 0 atom stereocenters. The molecule has 7 heteroatoms. The second-order valence-corrected chi connectivity index (χ2v) is 3.71. The van der Waals surface area contributed by atoms with E-state index in [1.165, 1.54) is 6.08 Å². The molecule has 0 spiro atoms. The Morgan fingerprint density at radius 1 is 1.32 bits per heavy atom. The molecule has 3 N–H and O–H groups in total. The van der Waals surface area contributed by atoms with Crippen molar-refractivity contribution in [1.29, 1.82) is 0 Å². The predicted octanol–water partition coefficient (Wildman–Crippen LogP) is 0.762. The molecule has 0 bridgehead atoms. The standard InChI is InChI=1S/C12H13N3O4/c1-18-10-4-2-8(3-5-10)13-12(17)15-14-9-6-11(16)19-7-9/h2-6,14H,7H2,1H3,(H2,13,15,17). The van der Waals surface area contributed by atoms with E-state index >= 15 is 0 Å². The van der Waals surface area contributed by atoms with Crippen LogP contribution in [0, 0.1) is 0 Å². The molecule has 0 fully saturated rings. The van der Waals surface area contributed by atoms with Crippen molar-refractivity contribution in [2.45, 2.75) is 0 Å². The van der Waals surface area contributed by atoms with Gasteiger partial charge in [-0.1, -0.05) is 0 Å². The molecule has 1 aliphatic rings. The Labute approximate surface area is 109 Å². The first-order chi connectivity index (χ1) is 9.17. The third-order valence-corrected chi connectivity index (χ3v) is 2.35. The summed E-state index contributed by atoms with van der Waals surface area (Å²) in [6, 6.07) is 6.43. The number of carbonyl (C=O) groups excluding carboxylic acids is 2. The number of carbonyl (C=O) groups is 2. The fourth-order valence-electron chi connectivity index (χ4n) is 1.42. The van der Waals surface area contributed by atoms with Crippen LogP contribution in [0.2, 0.25) is 0 Å². The van der Waals surface area contributed by atoms with Crippen LogP contribution < -0.4 is 20.9 Å². The number of amides is 2. The van der Waals surface area contributed by atoms with Crippen LogP contribution in [0.25, 0.3) is 0 Å². The van der Waals surface area contributed by atoms with E-state index in [-0.39, 0.29) is 6.61 Å². The third kappa shape index (κ3) is 3.63. The van der Waals surface area contributed by atoms with Gasteiger partial charge in [0.15, 0.2) is 0 Å². The van der Waals surface area contributed by atoms with E-state index in [0.29, 0.717) is 17.1 Å². The Hall–Kier alpha value is -2.70. The zero-order valence-corrected chi connectivity index (χ0v) is 10.2. The summed E-state index contributed by atoms with van der Waals surface area (Å²) in [5.74, 6) is 0.274. The van der Waals surface area contributed by atoms with Crippen LogP contribution in [-0.4, -0.2) is 25.7 Å². The van der Waals surface area contributed by atoms with Crippen molar-refractivity contribution < 1.29 is 19.1 Å². The summed E-state index contributed by atoms with van der Waals surface area (Å²) in [5, 5.41) is 2.61. The van der Waals surface area contributed by atoms with Crippen LogP contribution in [-0.2, 0) is 9.53 Å². The van der Waals surface area contributed by atoms with Crippen LogP contribution in [0.4, 0.5) is 10.5 Å². The monoisotopic (exact) mass is 263 g/mol. The Balaban J connectivity index is 1.80. The zero-order chi connectivity index (χ0) is 13.7. The number of hydrazine groups is 1. The molecule has 0 aromatic heterocycles. The molecule has 19 heavy (non-hydrogen) atoms. The topological polar surface area (TPSA) is 88.7 Å². The second-order valence-electron chi connectivity index (χ2n) is 3.71. The average molecular weight is 263 g/mol. The molecule has 0 radical (unpaired) electrons. The van der Waals surface area contributed by atoms with E-state index < -0.39 is 12.0 Å². The smallest absolute Gasteiger partial charge is 0.337 e. The van der Waals surface area contributed by atoms with Gasteiger partial charge in [-0.2, -0.15) is 0 Å². The molecule has 1 aromatic rings. The largest absolute Gasteiger partial charge is 0.497 e. The lowest BCUT2D eigenvalue weighted by molar-refractivity contribution is -0.134.